The molecule has 3 aromatic rings. The molecule has 0 saturated carbocycles. The molecule has 0 N–H and O–H groups in total. The molecule has 0 aliphatic carbocycles. The highest BCUT2D eigenvalue weighted by molar-refractivity contribution is 7.07. The van der Waals surface area contributed by atoms with E-state index < -0.39 is 13.0 Å². The van der Waals surface area contributed by atoms with E-state index in [-0.39, 0.29) is 11.7 Å². The first-order valence-corrected chi connectivity index (χ1v) is 7.72. The van der Waals surface area contributed by atoms with E-state index in [2.05, 4.69) is 20.1 Å². The number of hydrogen-bond acceptors (Lipinski definition) is 7. The zero-order valence-electron chi connectivity index (χ0n) is 11.9. The van der Waals surface area contributed by atoms with Crippen LogP contribution in [0.2, 0.25) is 0 Å². The number of pyridine rings is 1. The maximum absolute atomic E-state index is 12.3. The lowest BCUT2D eigenvalue weighted by Crippen LogP contribution is -2.08. The normalized spacial score (nSPS) is 11.1. The summed E-state index contributed by atoms with van der Waals surface area (Å²) in [7, 11) is 0. The summed E-state index contributed by atoms with van der Waals surface area (Å²) in [5.41, 5.74) is 3.13. The monoisotopic (exact) mass is 338 g/mol. The van der Waals surface area contributed by atoms with E-state index in [1.165, 1.54) is 17.5 Å². The van der Waals surface area contributed by atoms with Crippen molar-refractivity contribution in [3.05, 3.63) is 40.8 Å². The minimum atomic E-state index is -2.58. The molecule has 0 amide bonds. The Balaban J connectivity index is 1.72. The van der Waals surface area contributed by atoms with Crippen LogP contribution in [0.4, 0.5) is 8.78 Å². The van der Waals surface area contributed by atoms with Crippen molar-refractivity contribution in [1.29, 1.82) is 0 Å². The summed E-state index contributed by atoms with van der Waals surface area (Å²) < 4.78 is 34.7. The topological polar surface area (TPSA) is 73.9 Å². The fraction of sp³-hybridized carbons (Fsp3) is 0.286. The van der Waals surface area contributed by atoms with Gasteiger partial charge in [-0.25, -0.2) is 18.7 Å². The van der Waals surface area contributed by atoms with E-state index in [4.69, 9.17) is 9.26 Å². The molecule has 0 radical (unpaired) electrons. The predicted octanol–water partition coefficient (Wildman–Crippen LogP) is 3.02. The number of thiazole rings is 1. The molecule has 0 spiro atoms. The number of aromatic nitrogens is 4. The first kappa shape index (κ1) is 15.5. The summed E-state index contributed by atoms with van der Waals surface area (Å²) in [6.07, 6.45) is 0.105. The van der Waals surface area contributed by atoms with Gasteiger partial charge in [0, 0.05) is 18.0 Å². The summed E-state index contributed by atoms with van der Waals surface area (Å²) >= 11 is 1.52. The molecule has 0 saturated heterocycles. The van der Waals surface area contributed by atoms with Crippen LogP contribution < -0.4 is 4.74 Å². The molecule has 0 aliphatic heterocycles. The van der Waals surface area contributed by atoms with E-state index in [1.807, 2.05) is 5.38 Å². The van der Waals surface area contributed by atoms with Crippen molar-refractivity contribution < 1.29 is 18.0 Å². The van der Waals surface area contributed by atoms with Crippen molar-refractivity contribution in [2.24, 2.45) is 0 Å². The van der Waals surface area contributed by atoms with Gasteiger partial charge in [0.15, 0.2) is 6.61 Å². The van der Waals surface area contributed by atoms with Crippen LogP contribution in [0, 0.1) is 0 Å². The molecule has 0 aliphatic rings. The molecule has 0 atom stereocenters. The third-order valence-corrected chi connectivity index (χ3v) is 3.54. The van der Waals surface area contributed by atoms with Gasteiger partial charge < -0.3 is 9.26 Å². The van der Waals surface area contributed by atoms with Crippen LogP contribution in [0.15, 0.2) is 33.7 Å². The van der Waals surface area contributed by atoms with Gasteiger partial charge in [-0.2, -0.15) is 4.98 Å². The lowest BCUT2D eigenvalue weighted by molar-refractivity contribution is 0.0799. The second-order valence-corrected chi connectivity index (χ2v) is 5.27. The highest BCUT2D eigenvalue weighted by Gasteiger charge is 2.16. The summed E-state index contributed by atoms with van der Waals surface area (Å²) in [6.45, 7) is -0.738. The number of ether oxygens (including phenoxy) is 1. The predicted molar refractivity (Wildman–Crippen MR) is 78.6 cm³/mol. The molecule has 0 aromatic carbocycles. The minimum absolute atomic E-state index is 0.0552. The smallest absolute Gasteiger partial charge is 0.272 e. The van der Waals surface area contributed by atoms with E-state index in [0.717, 1.165) is 5.69 Å². The second kappa shape index (κ2) is 7.23. The molecule has 3 aromatic heterocycles. The molecular formula is C14H12F2N4O2S. The lowest BCUT2D eigenvalue weighted by atomic mass is 10.2. The van der Waals surface area contributed by atoms with Crippen molar-refractivity contribution in [2.75, 3.05) is 6.61 Å². The van der Waals surface area contributed by atoms with Crippen molar-refractivity contribution in [2.45, 2.75) is 19.3 Å². The van der Waals surface area contributed by atoms with E-state index in [0.29, 0.717) is 24.3 Å². The molecule has 23 heavy (non-hydrogen) atoms. The Morgan fingerprint density at radius 2 is 2.17 bits per heavy atom. The van der Waals surface area contributed by atoms with Crippen molar-refractivity contribution in [3.63, 3.8) is 0 Å². The fourth-order valence-corrected chi connectivity index (χ4v) is 2.47. The number of hydrogen-bond donors (Lipinski definition) is 0. The van der Waals surface area contributed by atoms with Crippen LogP contribution in [-0.4, -0.2) is 33.1 Å². The Hall–Kier alpha value is -2.42. The van der Waals surface area contributed by atoms with E-state index in [1.54, 1.807) is 17.6 Å². The van der Waals surface area contributed by atoms with Crippen LogP contribution in [-0.2, 0) is 12.8 Å². The van der Waals surface area contributed by atoms with Gasteiger partial charge in [-0.15, -0.1) is 11.3 Å². The fourth-order valence-electron chi connectivity index (χ4n) is 1.88. The third kappa shape index (κ3) is 4.07. The summed E-state index contributed by atoms with van der Waals surface area (Å²) in [4.78, 5) is 12.4. The van der Waals surface area contributed by atoms with Gasteiger partial charge in [0.05, 0.1) is 16.8 Å². The van der Waals surface area contributed by atoms with Gasteiger partial charge in [0.25, 0.3) is 6.43 Å². The number of aryl methyl sites for hydroxylation is 2. The van der Waals surface area contributed by atoms with Gasteiger partial charge >= 0.3 is 0 Å². The summed E-state index contributed by atoms with van der Waals surface area (Å²) in [5.74, 6) is 0.756. The molecule has 3 rings (SSSR count). The zero-order valence-corrected chi connectivity index (χ0v) is 12.7. The molecule has 120 valence electrons. The van der Waals surface area contributed by atoms with Crippen LogP contribution >= 0.6 is 11.3 Å². The standard InChI is InChI=1S/C14H12F2N4O2S/c15-11(16)6-21-14-10(2-1-5-17-14)13-19-12(22-20-13)4-3-9-7-23-8-18-9/h1-2,5,7-8,11H,3-4,6H2. The number of nitrogens with zero attached hydrogens (tertiary/aromatic N) is 4. The average Bonchev–Trinajstić information content (AvgIpc) is 3.22. The van der Waals surface area contributed by atoms with Gasteiger partial charge in [-0.1, -0.05) is 5.16 Å². The van der Waals surface area contributed by atoms with Crippen molar-refractivity contribution in [1.82, 2.24) is 20.1 Å². The number of alkyl halides is 2. The van der Waals surface area contributed by atoms with Gasteiger partial charge in [-0.3, -0.25) is 0 Å². The molecule has 3 heterocycles. The van der Waals surface area contributed by atoms with E-state index >= 15 is 0 Å². The van der Waals surface area contributed by atoms with Crippen LogP contribution in [0.5, 0.6) is 5.88 Å². The number of halogens is 2. The molecule has 9 heteroatoms. The first-order valence-electron chi connectivity index (χ1n) is 6.78. The SMILES string of the molecule is FC(F)COc1ncccc1-c1noc(CCc2cscn2)n1. The molecule has 6 nitrogen and oxygen atoms in total. The maximum atomic E-state index is 12.3. The van der Waals surface area contributed by atoms with Crippen molar-refractivity contribution in [3.8, 4) is 17.3 Å². The van der Waals surface area contributed by atoms with Crippen LogP contribution in [0.3, 0.4) is 0 Å². The first-order chi connectivity index (χ1) is 11.2. The van der Waals surface area contributed by atoms with Crippen LogP contribution in [0.25, 0.3) is 11.4 Å². The molecule has 0 bridgehead atoms. The quantitative estimate of drug-likeness (QED) is 0.659. The number of rotatable bonds is 7. The Morgan fingerprint density at radius 3 is 2.96 bits per heavy atom. The molecule has 0 unspecified atom stereocenters. The van der Waals surface area contributed by atoms with Gasteiger partial charge in [0.2, 0.25) is 17.6 Å². The summed E-state index contributed by atoms with van der Waals surface area (Å²) in [6, 6.07) is 3.29. The third-order valence-electron chi connectivity index (χ3n) is 2.90. The molecule has 0 fully saturated rings. The van der Waals surface area contributed by atoms with Crippen LogP contribution in [0.1, 0.15) is 11.6 Å². The van der Waals surface area contributed by atoms with E-state index in [9.17, 15) is 8.78 Å². The highest BCUT2D eigenvalue weighted by Crippen LogP contribution is 2.25. The lowest BCUT2D eigenvalue weighted by Gasteiger charge is -2.06. The van der Waals surface area contributed by atoms with Crippen molar-refractivity contribution >= 4 is 11.3 Å². The Labute approximate surface area is 134 Å². The zero-order chi connectivity index (χ0) is 16.1. The Morgan fingerprint density at radius 1 is 1.26 bits per heavy atom. The summed E-state index contributed by atoms with van der Waals surface area (Å²) in [5, 5.41) is 5.82. The highest BCUT2D eigenvalue weighted by atomic mass is 32.1. The largest absolute Gasteiger partial charge is 0.471 e. The second-order valence-electron chi connectivity index (χ2n) is 4.55. The Kier molecular flexibility index (Phi) is 4.86. The van der Waals surface area contributed by atoms with Gasteiger partial charge in [-0.05, 0) is 18.6 Å². The Bertz CT molecular complexity index is 749. The maximum Gasteiger partial charge on any atom is 0.272 e. The molecular weight excluding hydrogens is 326 g/mol. The average molecular weight is 338 g/mol. The van der Waals surface area contributed by atoms with Gasteiger partial charge in [0.1, 0.15) is 0 Å². The minimum Gasteiger partial charge on any atom is -0.471 e.